The van der Waals surface area contributed by atoms with Gasteiger partial charge in [0.25, 0.3) is 0 Å². The van der Waals surface area contributed by atoms with Crippen LogP contribution in [0.1, 0.15) is 17.5 Å². The topological polar surface area (TPSA) is 12.0 Å². The van der Waals surface area contributed by atoms with E-state index in [0.29, 0.717) is 0 Å². The van der Waals surface area contributed by atoms with Crippen LogP contribution >= 0.6 is 0 Å². The average molecular weight is 187 g/mol. The van der Waals surface area contributed by atoms with Crippen molar-refractivity contribution in [2.75, 3.05) is 5.32 Å². The number of hydrogen-bond acceptors (Lipinski definition) is 1. The zero-order chi connectivity index (χ0) is 10.6. The Kier molecular flexibility index (Phi) is 3.52. The van der Waals surface area contributed by atoms with Gasteiger partial charge in [-0.05, 0) is 37.1 Å². The zero-order valence-electron chi connectivity index (χ0n) is 8.93. The Bertz CT molecular complexity index is 330. The Morgan fingerprint density at radius 1 is 1.29 bits per heavy atom. The van der Waals surface area contributed by atoms with Gasteiger partial charge >= 0.3 is 0 Å². The van der Waals surface area contributed by atoms with E-state index in [1.165, 1.54) is 11.1 Å². The van der Waals surface area contributed by atoms with E-state index in [1.54, 1.807) is 0 Å². The molecule has 1 aromatic carbocycles. The first-order valence-electron chi connectivity index (χ1n) is 4.76. The van der Waals surface area contributed by atoms with Crippen LogP contribution in [0.2, 0.25) is 0 Å². The summed E-state index contributed by atoms with van der Waals surface area (Å²) >= 11 is 0. The van der Waals surface area contributed by atoms with Crippen molar-refractivity contribution >= 4 is 5.69 Å². The fourth-order valence-electron chi connectivity index (χ4n) is 1.48. The third-order valence-electron chi connectivity index (χ3n) is 1.93. The molecule has 0 fully saturated rings. The maximum atomic E-state index is 3.92. The van der Waals surface area contributed by atoms with Crippen LogP contribution < -0.4 is 5.32 Å². The Morgan fingerprint density at radius 2 is 1.86 bits per heavy atom. The second kappa shape index (κ2) is 4.66. The lowest BCUT2D eigenvalue weighted by molar-refractivity contribution is 1.23. The summed E-state index contributed by atoms with van der Waals surface area (Å²) < 4.78 is 0. The third kappa shape index (κ3) is 3.09. The van der Waals surface area contributed by atoms with E-state index in [4.69, 9.17) is 0 Å². The molecule has 0 aromatic heterocycles. The molecule has 1 heteroatoms. The van der Waals surface area contributed by atoms with Crippen molar-refractivity contribution in [2.45, 2.75) is 20.3 Å². The van der Waals surface area contributed by atoms with Gasteiger partial charge in [-0.25, -0.2) is 0 Å². The van der Waals surface area contributed by atoms with E-state index in [0.717, 1.165) is 17.8 Å². The maximum absolute atomic E-state index is 3.92. The van der Waals surface area contributed by atoms with Gasteiger partial charge in [-0.15, -0.1) is 6.58 Å². The molecular weight excluding hydrogens is 170 g/mol. The van der Waals surface area contributed by atoms with Gasteiger partial charge in [-0.1, -0.05) is 18.7 Å². The monoisotopic (exact) mass is 187 g/mol. The van der Waals surface area contributed by atoms with Crippen molar-refractivity contribution in [1.82, 2.24) is 0 Å². The summed E-state index contributed by atoms with van der Waals surface area (Å²) in [6, 6.07) is 6.38. The predicted octanol–water partition coefficient (Wildman–Crippen LogP) is 3.81. The van der Waals surface area contributed by atoms with Crippen LogP contribution in [-0.4, -0.2) is 0 Å². The van der Waals surface area contributed by atoms with Gasteiger partial charge in [-0.3, -0.25) is 0 Å². The van der Waals surface area contributed by atoms with Gasteiger partial charge in [0.05, 0.1) is 0 Å². The Labute approximate surface area is 86.2 Å². The molecule has 0 heterocycles. The highest BCUT2D eigenvalue weighted by atomic mass is 14.9. The molecule has 74 valence electrons. The minimum atomic E-state index is 0.799. The molecule has 0 saturated carbocycles. The summed E-state index contributed by atoms with van der Waals surface area (Å²) in [5, 5.41) is 3.26. The first-order valence-corrected chi connectivity index (χ1v) is 4.76. The summed E-state index contributed by atoms with van der Waals surface area (Å²) in [5.74, 6) is 0. The number of anilines is 1. The number of hydrogen-bond donors (Lipinski definition) is 1. The molecule has 0 unspecified atom stereocenters. The van der Waals surface area contributed by atoms with Gasteiger partial charge in [0.15, 0.2) is 0 Å². The van der Waals surface area contributed by atoms with E-state index < -0.39 is 0 Å². The van der Waals surface area contributed by atoms with Crippen LogP contribution in [0.4, 0.5) is 5.69 Å². The molecule has 0 amide bonds. The molecule has 1 rings (SSSR count). The summed E-state index contributed by atoms with van der Waals surface area (Å²) in [6.07, 6.45) is 2.64. The molecule has 0 aliphatic carbocycles. The fourth-order valence-corrected chi connectivity index (χ4v) is 1.48. The largest absolute Gasteiger partial charge is 0.359 e. The van der Waals surface area contributed by atoms with Crippen LogP contribution in [0.15, 0.2) is 43.1 Å². The van der Waals surface area contributed by atoms with E-state index in [-0.39, 0.29) is 0 Å². The molecule has 0 saturated heterocycles. The molecule has 1 N–H and O–H groups in total. The van der Waals surface area contributed by atoms with Crippen LogP contribution in [-0.2, 0) is 0 Å². The predicted molar refractivity (Wildman–Crippen MR) is 63.5 cm³/mol. The average Bonchev–Trinajstić information content (AvgIpc) is 2.01. The number of nitrogens with one attached hydrogen (secondary N) is 1. The van der Waals surface area contributed by atoms with Crippen molar-refractivity contribution in [3.8, 4) is 0 Å². The molecule has 1 aromatic rings. The second-order valence-corrected chi connectivity index (χ2v) is 3.60. The van der Waals surface area contributed by atoms with Crippen LogP contribution in [0, 0.1) is 13.8 Å². The molecule has 1 nitrogen and oxygen atoms in total. The molecule has 14 heavy (non-hydrogen) atoms. The lowest BCUT2D eigenvalue weighted by atomic mass is 10.1. The van der Waals surface area contributed by atoms with Crippen molar-refractivity contribution in [3.63, 3.8) is 0 Å². The third-order valence-corrected chi connectivity index (χ3v) is 1.93. The van der Waals surface area contributed by atoms with Gasteiger partial charge in [0.2, 0.25) is 0 Å². The SMILES string of the molecule is C=CCC(=C)Nc1cc(C)cc(C)c1. The molecule has 0 aliphatic heterocycles. The van der Waals surface area contributed by atoms with Crippen LogP contribution in [0.5, 0.6) is 0 Å². The lowest BCUT2D eigenvalue weighted by Crippen LogP contribution is -1.97. The number of benzene rings is 1. The quantitative estimate of drug-likeness (QED) is 0.707. The summed E-state index contributed by atoms with van der Waals surface area (Å²) in [4.78, 5) is 0. The van der Waals surface area contributed by atoms with Crippen molar-refractivity contribution < 1.29 is 0 Å². The smallest absolute Gasteiger partial charge is 0.0387 e. The summed E-state index contributed by atoms with van der Waals surface area (Å²) in [6.45, 7) is 11.8. The fraction of sp³-hybridized carbons (Fsp3) is 0.231. The molecule has 0 aliphatic rings. The van der Waals surface area contributed by atoms with E-state index in [1.807, 2.05) is 6.08 Å². The first-order chi connectivity index (χ1) is 6.61. The highest BCUT2D eigenvalue weighted by Crippen LogP contribution is 2.16. The second-order valence-electron chi connectivity index (χ2n) is 3.60. The maximum Gasteiger partial charge on any atom is 0.0387 e. The van der Waals surface area contributed by atoms with E-state index in [9.17, 15) is 0 Å². The standard InChI is InChI=1S/C13H17N/c1-5-6-12(4)14-13-8-10(2)7-11(3)9-13/h5,7-9,14H,1,4,6H2,2-3H3. The van der Waals surface area contributed by atoms with Gasteiger partial charge < -0.3 is 5.32 Å². The Hall–Kier alpha value is -1.50. The Balaban J connectivity index is 2.76. The molecule has 0 radical (unpaired) electrons. The highest BCUT2D eigenvalue weighted by Gasteiger charge is 1.96. The van der Waals surface area contributed by atoms with Gasteiger partial charge in [0.1, 0.15) is 0 Å². The number of rotatable bonds is 4. The highest BCUT2D eigenvalue weighted by molar-refractivity contribution is 5.52. The first kappa shape index (κ1) is 10.6. The minimum Gasteiger partial charge on any atom is -0.359 e. The van der Waals surface area contributed by atoms with Crippen molar-refractivity contribution in [2.24, 2.45) is 0 Å². The molecule has 0 bridgehead atoms. The Morgan fingerprint density at radius 3 is 2.36 bits per heavy atom. The number of aryl methyl sites for hydroxylation is 2. The molecular formula is C13H17N. The summed E-state index contributed by atoms with van der Waals surface area (Å²) in [5.41, 5.74) is 4.61. The molecule has 0 atom stereocenters. The normalized spacial score (nSPS) is 9.57. The molecule has 0 spiro atoms. The van der Waals surface area contributed by atoms with Gasteiger partial charge in [-0.2, -0.15) is 0 Å². The van der Waals surface area contributed by atoms with Crippen molar-refractivity contribution in [3.05, 3.63) is 54.3 Å². The lowest BCUT2D eigenvalue weighted by Gasteiger charge is -2.09. The van der Waals surface area contributed by atoms with Gasteiger partial charge in [0, 0.05) is 17.8 Å². The summed E-state index contributed by atoms with van der Waals surface area (Å²) in [7, 11) is 0. The number of allylic oxidation sites excluding steroid dienone is 1. The zero-order valence-corrected chi connectivity index (χ0v) is 8.93. The van der Waals surface area contributed by atoms with E-state index >= 15 is 0 Å². The van der Waals surface area contributed by atoms with Crippen molar-refractivity contribution in [1.29, 1.82) is 0 Å². The van der Waals surface area contributed by atoms with Crippen LogP contribution in [0.3, 0.4) is 0 Å². The van der Waals surface area contributed by atoms with Crippen LogP contribution in [0.25, 0.3) is 0 Å². The minimum absolute atomic E-state index is 0.799. The van der Waals surface area contributed by atoms with E-state index in [2.05, 4.69) is 50.5 Å².